The summed E-state index contributed by atoms with van der Waals surface area (Å²) in [5.74, 6) is 0.516. The molecule has 25 heavy (non-hydrogen) atoms. The minimum absolute atomic E-state index is 0.0272. The van der Waals surface area contributed by atoms with Gasteiger partial charge in [-0.1, -0.05) is 38.5 Å². The summed E-state index contributed by atoms with van der Waals surface area (Å²) < 4.78 is 15.6. The van der Waals surface area contributed by atoms with E-state index in [4.69, 9.17) is 5.10 Å². The molecule has 1 radical (unpaired) electrons. The van der Waals surface area contributed by atoms with Crippen LogP contribution in [-0.2, 0) is 6.42 Å². The lowest BCUT2D eigenvalue weighted by Crippen LogP contribution is -2.10. The highest BCUT2D eigenvalue weighted by atomic mass is 19.1. The monoisotopic (exact) mass is 336 g/mol. The van der Waals surface area contributed by atoms with E-state index in [0.29, 0.717) is 6.42 Å². The topological polar surface area (TPSA) is 30.7 Å². The molecule has 0 spiro atoms. The lowest BCUT2D eigenvalue weighted by Gasteiger charge is -2.17. The molecule has 0 N–H and O–H groups in total. The summed E-state index contributed by atoms with van der Waals surface area (Å²) >= 11 is 0. The zero-order valence-electron chi connectivity index (χ0n) is 14.5. The SMILES string of the molecule is [CH2]CC(c1cccc(F)c1)c1cc(CCCC)nn1-c1ccccn1. The highest BCUT2D eigenvalue weighted by Crippen LogP contribution is 2.30. The molecule has 0 aliphatic carbocycles. The number of halogens is 1. The normalized spacial score (nSPS) is 12.3. The first-order chi connectivity index (χ1) is 12.2. The molecule has 0 bridgehead atoms. The van der Waals surface area contributed by atoms with Crippen molar-refractivity contribution in [2.24, 2.45) is 0 Å². The molecule has 129 valence electrons. The largest absolute Gasteiger partial charge is 0.237 e. The number of rotatable bonds is 7. The summed E-state index contributed by atoms with van der Waals surface area (Å²) in [5.41, 5.74) is 2.96. The smallest absolute Gasteiger partial charge is 0.153 e. The van der Waals surface area contributed by atoms with Gasteiger partial charge in [-0.15, -0.1) is 0 Å². The number of aromatic nitrogens is 3. The molecule has 0 amide bonds. The van der Waals surface area contributed by atoms with E-state index in [9.17, 15) is 4.39 Å². The zero-order chi connectivity index (χ0) is 17.6. The van der Waals surface area contributed by atoms with Crippen molar-refractivity contribution in [3.05, 3.63) is 84.4 Å². The minimum Gasteiger partial charge on any atom is -0.237 e. The Labute approximate surface area is 148 Å². The molecular formula is C21H23FN3. The van der Waals surface area contributed by atoms with Crippen molar-refractivity contribution in [3.63, 3.8) is 0 Å². The van der Waals surface area contributed by atoms with Gasteiger partial charge in [0.05, 0.1) is 11.4 Å². The molecule has 3 rings (SSSR count). The van der Waals surface area contributed by atoms with Gasteiger partial charge < -0.3 is 0 Å². The molecule has 0 saturated carbocycles. The molecule has 1 atom stereocenters. The molecule has 0 aliphatic heterocycles. The highest BCUT2D eigenvalue weighted by Gasteiger charge is 2.20. The maximum atomic E-state index is 13.7. The van der Waals surface area contributed by atoms with E-state index < -0.39 is 0 Å². The summed E-state index contributed by atoms with van der Waals surface area (Å²) in [4.78, 5) is 4.44. The standard InChI is InChI=1S/C21H23FN3/c1-3-5-11-18-15-20(25(24-18)21-12-6-7-13-23-21)19(4-2)16-9-8-10-17(22)14-16/h6-10,12-15,19H,2-5,11H2,1H3. The van der Waals surface area contributed by atoms with Gasteiger partial charge in [0.2, 0.25) is 0 Å². The van der Waals surface area contributed by atoms with Gasteiger partial charge >= 0.3 is 0 Å². The second kappa shape index (κ2) is 8.06. The van der Waals surface area contributed by atoms with E-state index in [1.54, 1.807) is 18.3 Å². The first kappa shape index (κ1) is 17.3. The van der Waals surface area contributed by atoms with Crippen LogP contribution in [0.3, 0.4) is 0 Å². The number of hydrogen-bond acceptors (Lipinski definition) is 2. The number of nitrogens with zero attached hydrogens (tertiary/aromatic N) is 3. The fraction of sp³-hybridized carbons (Fsp3) is 0.286. The first-order valence-corrected chi connectivity index (χ1v) is 8.78. The van der Waals surface area contributed by atoms with E-state index in [1.165, 1.54) is 6.07 Å². The van der Waals surface area contributed by atoms with Crippen molar-refractivity contribution < 1.29 is 4.39 Å². The second-order valence-electron chi connectivity index (χ2n) is 6.16. The van der Waals surface area contributed by atoms with Crippen molar-refractivity contribution in [1.82, 2.24) is 14.8 Å². The second-order valence-corrected chi connectivity index (χ2v) is 6.16. The number of hydrogen-bond donors (Lipinski definition) is 0. The summed E-state index contributed by atoms with van der Waals surface area (Å²) in [5, 5.41) is 4.77. The molecule has 2 heterocycles. The molecule has 0 saturated heterocycles. The Hall–Kier alpha value is -2.49. The average molecular weight is 336 g/mol. The fourth-order valence-electron chi connectivity index (χ4n) is 3.05. The average Bonchev–Trinajstić information content (AvgIpc) is 3.05. The summed E-state index contributed by atoms with van der Waals surface area (Å²) in [6.45, 7) is 6.26. The summed E-state index contributed by atoms with van der Waals surface area (Å²) in [7, 11) is 0. The first-order valence-electron chi connectivity index (χ1n) is 8.78. The lowest BCUT2D eigenvalue weighted by atomic mass is 9.92. The predicted octanol–water partition coefficient (Wildman–Crippen LogP) is 5.11. The van der Waals surface area contributed by atoms with Crippen LogP contribution in [-0.4, -0.2) is 14.8 Å². The molecule has 4 heteroatoms. The van der Waals surface area contributed by atoms with E-state index >= 15 is 0 Å². The maximum Gasteiger partial charge on any atom is 0.153 e. The van der Waals surface area contributed by atoms with Crippen LogP contribution in [0.25, 0.3) is 5.82 Å². The van der Waals surface area contributed by atoms with E-state index in [-0.39, 0.29) is 11.7 Å². The van der Waals surface area contributed by atoms with Crippen LogP contribution in [0.15, 0.2) is 54.7 Å². The third-order valence-corrected chi connectivity index (χ3v) is 4.34. The van der Waals surface area contributed by atoms with E-state index in [2.05, 4.69) is 24.9 Å². The molecule has 1 unspecified atom stereocenters. The van der Waals surface area contributed by atoms with Crippen LogP contribution in [0.1, 0.15) is 49.1 Å². The molecule has 3 nitrogen and oxygen atoms in total. The van der Waals surface area contributed by atoms with Crippen molar-refractivity contribution >= 4 is 0 Å². The van der Waals surface area contributed by atoms with Gasteiger partial charge in [0, 0.05) is 12.1 Å². The molecule has 0 fully saturated rings. The lowest BCUT2D eigenvalue weighted by molar-refractivity contribution is 0.620. The highest BCUT2D eigenvalue weighted by molar-refractivity contribution is 5.35. The fourth-order valence-corrected chi connectivity index (χ4v) is 3.05. The number of aryl methyl sites for hydroxylation is 1. The van der Waals surface area contributed by atoms with Gasteiger partial charge in [-0.05, 0) is 55.2 Å². The Kier molecular flexibility index (Phi) is 5.59. The molecule has 2 aromatic heterocycles. The van der Waals surface area contributed by atoms with Gasteiger partial charge in [0.25, 0.3) is 0 Å². The van der Waals surface area contributed by atoms with Gasteiger partial charge in [0.1, 0.15) is 5.82 Å². The third kappa shape index (κ3) is 3.95. The quantitative estimate of drug-likeness (QED) is 0.600. The van der Waals surface area contributed by atoms with Crippen LogP contribution in [0.2, 0.25) is 0 Å². The van der Waals surface area contributed by atoms with Crippen LogP contribution in [0, 0.1) is 12.7 Å². The summed E-state index contributed by atoms with van der Waals surface area (Å²) in [6.07, 6.45) is 5.52. The predicted molar refractivity (Wildman–Crippen MR) is 98.2 cm³/mol. The Morgan fingerprint density at radius 1 is 1.16 bits per heavy atom. The summed E-state index contributed by atoms with van der Waals surface area (Å²) in [6, 6.07) is 14.6. The maximum absolute atomic E-state index is 13.7. The van der Waals surface area contributed by atoms with Gasteiger partial charge in [0.15, 0.2) is 5.82 Å². The van der Waals surface area contributed by atoms with Crippen molar-refractivity contribution in [3.8, 4) is 5.82 Å². The van der Waals surface area contributed by atoms with Gasteiger partial charge in [-0.25, -0.2) is 14.1 Å². The Morgan fingerprint density at radius 3 is 2.72 bits per heavy atom. The van der Waals surface area contributed by atoms with E-state index in [1.807, 2.05) is 28.9 Å². The van der Waals surface area contributed by atoms with Gasteiger partial charge in [-0.2, -0.15) is 5.10 Å². The van der Waals surface area contributed by atoms with Crippen LogP contribution >= 0.6 is 0 Å². The third-order valence-electron chi connectivity index (χ3n) is 4.34. The Morgan fingerprint density at radius 2 is 2.04 bits per heavy atom. The van der Waals surface area contributed by atoms with E-state index in [0.717, 1.165) is 42.0 Å². The van der Waals surface area contributed by atoms with Crippen molar-refractivity contribution in [2.75, 3.05) is 0 Å². The van der Waals surface area contributed by atoms with Crippen molar-refractivity contribution in [2.45, 2.75) is 38.5 Å². The van der Waals surface area contributed by atoms with Crippen LogP contribution in [0.4, 0.5) is 4.39 Å². The van der Waals surface area contributed by atoms with Crippen LogP contribution in [0.5, 0.6) is 0 Å². The Bertz CT molecular complexity index is 811. The molecule has 1 aromatic carbocycles. The zero-order valence-corrected chi connectivity index (χ0v) is 14.5. The van der Waals surface area contributed by atoms with Crippen LogP contribution < -0.4 is 0 Å². The number of benzene rings is 1. The minimum atomic E-state index is -0.231. The Balaban J connectivity index is 2.07. The van der Waals surface area contributed by atoms with Crippen molar-refractivity contribution in [1.29, 1.82) is 0 Å². The molecule has 0 aliphatic rings. The number of unbranched alkanes of at least 4 members (excludes halogenated alkanes) is 1. The number of pyridine rings is 1. The van der Waals surface area contributed by atoms with Gasteiger partial charge in [-0.3, -0.25) is 0 Å². The molecular weight excluding hydrogens is 313 g/mol. The molecule has 3 aromatic rings.